The highest BCUT2D eigenvalue weighted by Crippen LogP contribution is 2.06. The summed E-state index contributed by atoms with van der Waals surface area (Å²) in [5, 5.41) is 40.7. The minimum atomic E-state index is -1.29. The molecule has 0 aliphatic rings. The van der Waals surface area contributed by atoms with Gasteiger partial charge in [-0.15, -0.1) is 0 Å². The predicted octanol–water partition coefficient (Wildman–Crippen LogP) is -4.51. The molecule has 5 amide bonds. The second kappa shape index (κ2) is 21.3. The van der Waals surface area contributed by atoms with Gasteiger partial charge in [0.25, 0.3) is 0 Å². The molecule has 16 N–H and O–H groups in total. The summed E-state index contributed by atoms with van der Waals surface area (Å²) in [7, 11) is 0. The molecule has 0 radical (unpaired) electrons. The van der Waals surface area contributed by atoms with E-state index in [0.29, 0.717) is 0 Å². The lowest BCUT2D eigenvalue weighted by molar-refractivity contribution is -0.138. The Hall–Kier alpha value is -5.46. The fourth-order valence-electron chi connectivity index (χ4n) is 4.00. The Kier molecular flexibility index (Phi) is 17.8. The van der Waals surface area contributed by atoms with Crippen molar-refractivity contribution in [1.82, 2.24) is 37.2 Å². The van der Waals surface area contributed by atoms with Crippen LogP contribution in [0.2, 0.25) is 0 Å². The van der Waals surface area contributed by atoms with Crippen LogP contribution in [0.5, 0.6) is 0 Å². The summed E-state index contributed by atoms with van der Waals surface area (Å²) < 4.78 is 0. The van der Waals surface area contributed by atoms with Gasteiger partial charge in [-0.05, 0) is 31.2 Å². The van der Waals surface area contributed by atoms with Crippen molar-refractivity contribution in [2.24, 2.45) is 17.2 Å². The van der Waals surface area contributed by atoms with Gasteiger partial charge in [-0.1, -0.05) is 30.3 Å². The van der Waals surface area contributed by atoms with Gasteiger partial charge in [0.2, 0.25) is 29.5 Å². The summed E-state index contributed by atoms with van der Waals surface area (Å²) >= 11 is 0. The highest BCUT2D eigenvalue weighted by molar-refractivity contribution is 5.94. The van der Waals surface area contributed by atoms with Gasteiger partial charge in [0.1, 0.15) is 24.7 Å². The summed E-state index contributed by atoms with van der Waals surface area (Å²) in [5.41, 5.74) is 16.7. The number of guanidine groups is 2. The molecule has 254 valence electrons. The molecule has 0 aliphatic carbocycles. The first-order valence-corrected chi connectivity index (χ1v) is 14.4. The zero-order valence-electron chi connectivity index (χ0n) is 25.3. The Bertz CT molecular complexity index is 1210. The van der Waals surface area contributed by atoms with Crippen molar-refractivity contribution in [2.75, 3.05) is 32.7 Å². The molecule has 19 nitrogen and oxygen atoms in total. The lowest BCUT2D eigenvalue weighted by atomic mass is 10.0. The van der Waals surface area contributed by atoms with E-state index in [1.165, 1.54) is 0 Å². The minimum absolute atomic E-state index is 0.0601. The number of carboxylic acids is 1. The SMILES string of the molecule is N=C(N)NCCC[C@H](NC(=O)CNC(=O)[C@H](CCCNC(=N)N)NC(=O)[C@H](Cc1ccccc1)NC(=O)CN)C(=O)NCC(=O)O. The number of aliphatic carboxylic acids is 1. The van der Waals surface area contributed by atoms with Crippen molar-refractivity contribution in [1.29, 1.82) is 10.8 Å². The number of amides is 5. The van der Waals surface area contributed by atoms with Gasteiger partial charge in [0.15, 0.2) is 11.9 Å². The van der Waals surface area contributed by atoms with E-state index in [9.17, 15) is 28.8 Å². The van der Waals surface area contributed by atoms with Crippen LogP contribution in [-0.4, -0.2) is 103 Å². The van der Waals surface area contributed by atoms with E-state index in [1.54, 1.807) is 30.3 Å². The summed E-state index contributed by atoms with van der Waals surface area (Å²) in [6.07, 6.45) is 0.790. The molecule has 46 heavy (non-hydrogen) atoms. The Balaban J connectivity index is 2.96. The van der Waals surface area contributed by atoms with E-state index in [-0.39, 0.29) is 63.7 Å². The third-order valence-corrected chi connectivity index (χ3v) is 6.21. The molecule has 1 aromatic rings. The van der Waals surface area contributed by atoms with E-state index in [4.69, 9.17) is 33.1 Å². The van der Waals surface area contributed by atoms with E-state index in [0.717, 1.165) is 5.56 Å². The average Bonchev–Trinajstić information content (AvgIpc) is 3.01. The molecule has 0 bridgehead atoms. The van der Waals surface area contributed by atoms with Gasteiger partial charge >= 0.3 is 5.97 Å². The summed E-state index contributed by atoms with van der Waals surface area (Å²) in [6, 6.07) is 5.45. The molecule has 19 heteroatoms. The first-order valence-electron chi connectivity index (χ1n) is 14.4. The highest BCUT2D eigenvalue weighted by Gasteiger charge is 2.28. The third kappa shape index (κ3) is 17.0. The summed E-state index contributed by atoms with van der Waals surface area (Å²) in [6.45, 7) is -1.22. The molecule has 0 spiro atoms. The fourth-order valence-corrected chi connectivity index (χ4v) is 4.00. The van der Waals surface area contributed by atoms with Gasteiger partial charge in [0, 0.05) is 19.5 Å². The standard InChI is InChI=1S/C27H44N12O7/c28-13-20(40)38-19(12-16-6-2-1-3-7-16)25(46)39-18(9-5-11-34-27(31)32)24(45)35-14-21(41)37-17(8-4-10-33-26(29)30)23(44)36-15-22(42)43/h1-3,6-7,17-19H,4-5,8-15,28H2,(H,35,45)(H,36,44)(H,37,41)(H,38,40)(H,39,46)(H,42,43)(H4,29,30,33)(H4,31,32,34)/t17-,18-,19-/m0/s1. The predicted molar refractivity (Wildman–Crippen MR) is 167 cm³/mol. The lowest BCUT2D eigenvalue weighted by Crippen LogP contribution is -2.56. The maximum Gasteiger partial charge on any atom is 0.322 e. The molecule has 1 aromatic carbocycles. The van der Waals surface area contributed by atoms with Gasteiger partial charge in [-0.25, -0.2) is 0 Å². The number of carboxylic acid groups (broad SMARTS) is 1. The van der Waals surface area contributed by atoms with Crippen LogP contribution in [0.4, 0.5) is 0 Å². The molecule has 0 saturated carbocycles. The zero-order valence-corrected chi connectivity index (χ0v) is 25.3. The van der Waals surface area contributed by atoms with Crippen LogP contribution in [-0.2, 0) is 35.2 Å². The van der Waals surface area contributed by atoms with E-state index in [2.05, 4.69) is 37.2 Å². The van der Waals surface area contributed by atoms with Crippen molar-refractivity contribution in [2.45, 2.75) is 50.2 Å². The van der Waals surface area contributed by atoms with Crippen molar-refractivity contribution in [3.8, 4) is 0 Å². The van der Waals surface area contributed by atoms with Crippen LogP contribution in [0, 0.1) is 10.8 Å². The average molecular weight is 649 g/mol. The van der Waals surface area contributed by atoms with Crippen LogP contribution < -0.4 is 54.4 Å². The molecular formula is C27H44N12O7. The summed E-state index contributed by atoms with van der Waals surface area (Å²) in [4.78, 5) is 74.5. The monoisotopic (exact) mass is 648 g/mol. The number of nitrogens with one attached hydrogen (secondary N) is 9. The lowest BCUT2D eigenvalue weighted by Gasteiger charge is -2.24. The van der Waals surface area contributed by atoms with E-state index < -0.39 is 66.7 Å². The molecule has 1 rings (SSSR count). The van der Waals surface area contributed by atoms with Gasteiger partial charge < -0.3 is 59.5 Å². The maximum absolute atomic E-state index is 13.3. The normalized spacial score (nSPS) is 12.3. The first-order chi connectivity index (χ1) is 21.8. The maximum atomic E-state index is 13.3. The van der Waals surface area contributed by atoms with E-state index >= 15 is 0 Å². The molecular weight excluding hydrogens is 604 g/mol. The van der Waals surface area contributed by atoms with Crippen molar-refractivity contribution in [3.63, 3.8) is 0 Å². The van der Waals surface area contributed by atoms with Crippen molar-refractivity contribution < 1.29 is 33.9 Å². The molecule has 0 heterocycles. The van der Waals surface area contributed by atoms with Crippen LogP contribution in [0.1, 0.15) is 31.2 Å². The number of hydrogen-bond acceptors (Lipinski definition) is 9. The second-order valence-electron chi connectivity index (χ2n) is 9.99. The number of benzene rings is 1. The zero-order chi connectivity index (χ0) is 34.5. The van der Waals surface area contributed by atoms with E-state index in [1.807, 2.05) is 0 Å². The number of carbonyl (C=O) groups is 6. The smallest absolute Gasteiger partial charge is 0.322 e. The Morgan fingerprint density at radius 2 is 1.17 bits per heavy atom. The molecule has 0 aliphatic heterocycles. The quantitative estimate of drug-likeness (QED) is 0.0341. The number of carbonyl (C=O) groups excluding carboxylic acids is 5. The molecule has 0 unspecified atom stereocenters. The van der Waals surface area contributed by atoms with Crippen molar-refractivity contribution >= 4 is 47.4 Å². The Morgan fingerprint density at radius 1 is 0.674 bits per heavy atom. The van der Waals surface area contributed by atoms with Gasteiger partial charge in [-0.3, -0.25) is 39.6 Å². The molecule has 0 fully saturated rings. The molecule has 3 atom stereocenters. The fraction of sp³-hybridized carbons (Fsp3) is 0.481. The van der Waals surface area contributed by atoms with Crippen LogP contribution in [0.15, 0.2) is 30.3 Å². The number of rotatable bonds is 21. The third-order valence-electron chi connectivity index (χ3n) is 6.21. The topological polar surface area (TPSA) is 333 Å². The van der Waals surface area contributed by atoms with Crippen LogP contribution >= 0.6 is 0 Å². The largest absolute Gasteiger partial charge is 0.480 e. The Labute approximate surface area is 265 Å². The second-order valence-corrected chi connectivity index (χ2v) is 9.99. The molecule has 0 aromatic heterocycles. The number of nitrogens with two attached hydrogens (primary N) is 3. The van der Waals surface area contributed by atoms with Crippen LogP contribution in [0.3, 0.4) is 0 Å². The van der Waals surface area contributed by atoms with Crippen molar-refractivity contribution in [3.05, 3.63) is 35.9 Å². The summed E-state index contributed by atoms with van der Waals surface area (Å²) in [5.74, 6) is -5.40. The van der Waals surface area contributed by atoms with Gasteiger partial charge in [-0.2, -0.15) is 0 Å². The molecule has 0 saturated heterocycles. The van der Waals surface area contributed by atoms with Gasteiger partial charge in [0.05, 0.1) is 13.1 Å². The van der Waals surface area contributed by atoms with Crippen LogP contribution in [0.25, 0.3) is 0 Å². The Morgan fingerprint density at radius 3 is 1.67 bits per heavy atom. The highest BCUT2D eigenvalue weighted by atomic mass is 16.4. The first kappa shape index (κ1) is 38.6. The minimum Gasteiger partial charge on any atom is -0.480 e. The number of hydrogen-bond donors (Lipinski definition) is 13.